The molecule has 0 spiro atoms. The fraction of sp³-hybridized carbons (Fsp3) is 0.0909. The maximum absolute atomic E-state index is 4.59. The van der Waals surface area contributed by atoms with Crippen LogP contribution in [-0.2, 0) is 6.42 Å². The molecule has 0 unspecified atom stereocenters. The number of fused-ring (bicyclic) bond motifs is 2. The fourth-order valence-electron chi connectivity index (χ4n) is 1.78. The van der Waals surface area contributed by atoms with Gasteiger partial charge in [0.2, 0.25) is 0 Å². The summed E-state index contributed by atoms with van der Waals surface area (Å²) in [5.41, 5.74) is 3.59. The van der Waals surface area contributed by atoms with Gasteiger partial charge in [0.25, 0.3) is 0 Å². The Labute approximate surface area is 77.3 Å². The summed E-state index contributed by atoms with van der Waals surface area (Å²) in [5, 5.41) is 1.23. The van der Waals surface area contributed by atoms with Gasteiger partial charge < -0.3 is 0 Å². The molecule has 2 heteroatoms. The van der Waals surface area contributed by atoms with E-state index in [-0.39, 0.29) is 0 Å². The van der Waals surface area contributed by atoms with Gasteiger partial charge in [-0.3, -0.25) is 0 Å². The summed E-state index contributed by atoms with van der Waals surface area (Å²) in [6.07, 6.45) is 0.986. The second-order valence-corrected chi connectivity index (χ2v) is 3.32. The van der Waals surface area contributed by atoms with Gasteiger partial charge in [0, 0.05) is 0 Å². The molecule has 0 atom stereocenters. The third kappa shape index (κ3) is 1.02. The Morgan fingerprint density at radius 2 is 2.15 bits per heavy atom. The van der Waals surface area contributed by atoms with Crippen molar-refractivity contribution in [2.45, 2.75) is 6.42 Å². The van der Waals surface area contributed by atoms with E-state index in [1.165, 1.54) is 16.5 Å². The molecule has 60 valence electrons. The molecular formula is C11H8BN. The summed E-state index contributed by atoms with van der Waals surface area (Å²) in [7, 11) is 0. The summed E-state index contributed by atoms with van der Waals surface area (Å²) >= 11 is 0. The van der Waals surface area contributed by atoms with Crippen LogP contribution in [0.2, 0.25) is 0 Å². The number of pyridine rings is 1. The first-order chi connectivity index (χ1) is 6.43. The molecule has 0 saturated heterocycles. The van der Waals surface area contributed by atoms with E-state index in [0.717, 1.165) is 11.9 Å². The quantitative estimate of drug-likeness (QED) is 0.529. The number of para-hydroxylation sites is 1. The summed E-state index contributed by atoms with van der Waals surface area (Å²) in [6.45, 7) is 2.15. The number of aromatic nitrogens is 1. The van der Waals surface area contributed by atoms with Gasteiger partial charge in [-0.25, -0.2) is 0 Å². The van der Waals surface area contributed by atoms with Crippen molar-refractivity contribution in [2.24, 2.45) is 0 Å². The Morgan fingerprint density at radius 1 is 1.23 bits per heavy atom. The van der Waals surface area contributed by atoms with Crippen molar-refractivity contribution in [3.8, 4) is 0 Å². The van der Waals surface area contributed by atoms with Crippen molar-refractivity contribution in [1.82, 2.24) is 4.98 Å². The minimum absolute atomic E-state index is 0.986. The Hall–Kier alpha value is -1.44. The summed E-state index contributed by atoms with van der Waals surface area (Å²) in [4.78, 5) is 4.59. The predicted octanol–water partition coefficient (Wildman–Crippen LogP) is 0.923. The SMILES string of the molecule is B1=CCc2nc3ccccc3cc21. The maximum atomic E-state index is 4.59. The van der Waals surface area contributed by atoms with Gasteiger partial charge in [0.15, 0.2) is 0 Å². The van der Waals surface area contributed by atoms with Crippen LogP contribution in [0.4, 0.5) is 0 Å². The van der Waals surface area contributed by atoms with Crippen molar-refractivity contribution in [3.05, 3.63) is 36.0 Å². The molecule has 0 fully saturated rings. The topological polar surface area (TPSA) is 12.9 Å². The van der Waals surface area contributed by atoms with Crippen LogP contribution < -0.4 is 5.46 Å². The van der Waals surface area contributed by atoms with E-state index in [2.05, 4.69) is 42.1 Å². The molecule has 1 aliphatic heterocycles. The van der Waals surface area contributed by atoms with Crippen LogP contribution in [0, 0.1) is 0 Å². The number of benzene rings is 1. The summed E-state index contributed by atoms with van der Waals surface area (Å²) in [6, 6.07) is 10.5. The van der Waals surface area contributed by atoms with Crippen molar-refractivity contribution >= 4 is 29.3 Å². The molecule has 0 aliphatic carbocycles. The molecular weight excluding hydrogens is 157 g/mol. The molecule has 1 aliphatic rings. The molecule has 3 rings (SSSR count). The van der Waals surface area contributed by atoms with Crippen molar-refractivity contribution < 1.29 is 0 Å². The van der Waals surface area contributed by atoms with Crippen LogP contribution in [0.15, 0.2) is 30.3 Å². The van der Waals surface area contributed by atoms with Crippen LogP contribution in [0.3, 0.4) is 0 Å². The molecule has 1 aromatic carbocycles. The van der Waals surface area contributed by atoms with Gasteiger partial charge in [0.05, 0.1) is 0 Å². The van der Waals surface area contributed by atoms with Gasteiger partial charge in [-0.15, -0.1) is 0 Å². The van der Waals surface area contributed by atoms with Gasteiger partial charge in [-0.1, -0.05) is 0 Å². The molecule has 13 heavy (non-hydrogen) atoms. The predicted molar refractivity (Wildman–Crippen MR) is 56.9 cm³/mol. The molecule has 0 N–H and O–H groups in total. The van der Waals surface area contributed by atoms with Gasteiger partial charge in [-0.2, -0.15) is 0 Å². The average Bonchev–Trinajstić information content (AvgIpc) is 2.61. The molecule has 0 bridgehead atoms. The van der Waals surface area contributed by atoms with Crippen LogP contribution in [0.5, 0.6) is 0 Å². The molecule has 1 nitrogen and oxygen atoms in total. The average molecular weight is 165 g/mol. The van der Waals surface area contributed by atoms with E-state index >= 15 is 0 Å². The summed E-state index contributed by atoms with van der Waals surface area (Å²) in [5.74, 6) is 2.16. The second-order valence-electron chi connectivity index (χ2n) is 3.32. The first-order valence-electron chi connectivity index (χ1n) is 4.49. The molecule has 0 amide bonds. The van der Waals surface area contributed by atoms with E-state index < -0.39 is 0 Å². The Bertz CT molecular complexity index is 502. The van der Waals surface area contributed by atoms with E-state index in [9.17, 15) is 0 Å². The first kappa shape index (κ1) is 7.02. The molecule has 2 heterocycles. The third-order valence-corrected chi connectivity index (χ3v) is 2.45. The van der Waals surface area contributed by atoms with Crippen LogP contribution in [0.25, 0.3) is 10.9 Å². The molecule has 0 radical (unpaired) electrons. The van der Waals surface area contributed by atoms with Gasteiger partial charge >= 0.3 is 76.7 Å². The zero-order chi connectivity index (χ0) is 8.67. The zero-order valence-electron chi connectivity index (χ0n) is 7.20. The monoisotopic (exact) mass is 165 g/mol. The van der Waals surface area contributed by atoms with Crippen LogP contribution in [0.1, 0.15) is 5.69 Å². The van der Waals surface area contributed by atoms with Gasteiger partial charge in [0.1, 0.15) is 0 Å². The Morgan fingerprint density at radius 3 is 3.15 bits per heavy atom. The first-order valence-corrected chi connectivity index (χ1v) is 4.49. The minimum atomic E-state index is 0.986. The second kappa shape index (κ2) is 2.53. The zero-order valence-corrected chi connectivity index (χ0v) is 7.20. The molecule has 0 saturated carbocycles. The van der Waals surface area contributed by atoms with Crippen molar-refractivity contribution in [1.29, 1.82) is 0 Å². The number of hydrogen-bond acceptors (Lipinski definition) is 1. The fourth-order valence-corrected chi connectivity index (χ4v) is 1.78. The number of nitrogens with zero attached hydrogens (tertiary/aromatic N) is 1. The van der Waals surface area contributed by atoms with Crippen LogP contribution in [-0.4, -0.2) is 17.9 Å². The molecule has 1 aromatic heterocycles. The van der Waals surface area contributed by atoms with Crippen molar-refractivity contribution in [3.63, 3.8) is 0 Å². The molecule has 2 aromatic rings. The Balaban J connectivity index is 2.40. The third-order valence-electron chi connectivity index (χ3n) is 2.45. The van der Waals surface area contributed by atoms with Gasteiger partial charge in [-0.05, 0) is 0 Å². The van der Waals surface area contributed by atoms with Crippen molar-refractivity contribution in [2.75, 3.05) is 0 Å². The van der Waals surface area contributed by atoms with E-state index in [1.54, 1.807) is 0 Å². The summed E-state index contributed by atoms with van der Waals surface area (Å²) < 4.78 is 0. The Kier molecular flexibility index (Phi) is 1.36. The number of hydrogen-bond donors (Lipinski definition) is 0. The standard InChI is InChI=1S/C11H8BN/c1-2-4-10-8(3-1)7-9-11(13-10)5-6-12-9/h1-4,6-7H,5H2. The van der Waals surface area contributed by atoms with E-state index in [4.69, 9.17) is 0 Å². The van der Waals surface area contributed by atoms with Crippen LogP contribution >= 0.6 is 0 Å². The van der Waals surface area contributed by atoms with E-state index in [1.807, 2.05) is 6.07 Å². The van der Waals surface area contributed by atoms with E-state index in [0.29, 0.717) is 0 Å². The normalized spacial score (nSPS) is 12.9. The number of rotatable bonds is 0.